The molecule has 23 heavy (non-hydrogen) atoms. The molecule has 1 saturated heterocycles. The van der Waals surface area contributed by atoms with E-state index in [0.717, 1.165) is 4.31 Å². The molecule has 8 heteroatoms. The molecule has 0 aromatic heterocycles. The fourth-order valence-corrected chi connectivity index (χ4v) is 4.57. The lowest BCUT2D eigenvalue weighted by Crippen LogP contribution is -2.48. The van der Waals surface area contributed by atoms with E-state index in [4.69, 9.17) is 4.74 Å². The number of aliphatic hydroxyl groups is 1. The third-order valence-electron chi connectivity index (χ3n) is 4.11. The lowest BCUT2D eigenvalue weighted by Gasteiger charge is -2.32. The van der Waals surface area contributed by atoms with Crippen LogP contribution in [0.15, 0.2) is 29.2 Å². The van der Waals surface area contributed by atoms with Gasteiger partial charge in [0, 0.05) is 31.7 Å². The lowest BCUT2D eigenvalue weighted by molar-refractivity contribution is 0.0116. The van der Waals surface area contributed by atoms with E-state index in [1.807, 2.05) is 4.90 Å². The molecule has 7 nitrogen and oxygen atoms in total. The Labute approximate surface area is 135 Å². The summed E-state index contributed by atoms with van der Waals surface area (Å²) in [7, 11) is -3.74. The highest BCUT2D eigenvalue weighted by molar-refractivity contribution is 7.89. The first kappa shape index (κ1) is 16.5. The number of aliphatic hydroxyl groups excluding tert-OH is 1. The summed E-state index contributed by atoms with van der Waals surface area (Å²) in [5.74, 6) is -0.242. The van der Waals surface area contributed by atoms with Crippen molar-refractivity contribution in [3.63, 3.8) is 0 Å². The lowest BCUT2D eigenvalue weighted by atomic mass is 10.1. The summed E-state index contributed by atoms with van der Waals surface area (Å²) in [5.41, 5.74) is 0.228. The topological polar surface area (TPSA) is 87.2 Å². The number of hydrogen-bond donors (Lipinski definition) is 1. The Balaban J connectivity index is 1.72. The maximum atomic E-state index is 12.6. The molecule has 2 aliphatic heterocycles. The molecule has 2 heterocycles. The van der Waals surface area contributed by atoms with Crippen molar-refractivity contribution in [2.75, 3.05) is 45.9 Å². The van der Waals surface area contributed by atoms with Crippen LogP contribution in [0, 0.1) is 0 Å². The molecule has 1 aromatic carbocycles. The molecular formula is C15H20N2O5S. The van der Waals surface area contributed by atoms with Gasteiger partial charge in [0.15, 0.2) is 5.78 Å². The van der Waals surface area contributed by atoms with E-state index in [1.165, 1.54) is 12.1 Å². The molecule has 2 aliphatic rings. The van der Waals surface area contributed by atoms with Gasteiger partial charge in [0.05, 0.1) is 30.8 Å². The predicted octanol–water partition coefficient (Wildman–Crippen LogP) is -0.433. The Hall–Kier alpha value is -1.32. The highest BCUT2D eigenvalue weighted by Gasteiger charge is 2.36. The van der Waals surface area contributed by atoms with Gasteiger partial charge < -0.3 is 9.84 Å². The minimum atomic E-state index is -3.74. The molecule has 0 radical (unpaired) electrons. The van der Waals surface area contributed by atoms with Crippen LogP contribution < -0.4 is 0 Å². The van der Waals surface area contributed by atoms with Crippen LogP contribution in [0.1, 0.15) is 10.4 Å². The second-order valence-electron chi connectivity index (χ2n) is 5.78. The van der Waals surface area contributed by atoms with Crippen LogP contribution in [-0.2, 0) is 14.8 Å². The monoisotopic (exact) mass is 340 g/mol. The minimum Gasteiger partial charge on any atom is -0.390 e. The summed E-state index contributed by atoms with van der Waals surface area (Å²) in [4.78, 5) is 14.2. The second kappa shape index (κ2) is 6.66. The SMILES string of the molecule is O=C1CN(CC(O)CN2CCOCC2)S(=O)(=O)c2ccccc21. The molecule has 0 saturated carbocycles. The average molecular weight is 340 g/mol. The van der Waals surface area contributed by atoms with Crippen molar-refractivity contribution in [3.8, 4) is 0 Å². The van der Waals surface area contributed by atoms with Gasteiger partial charge in [-0.05, 0) is 12.1 Å². The number of β-amino-alcohol motifs (C(OH)–C–C–N with tert-alkyl or cyclic N) is 1. The molecule has 0 aliphatic carbocycles. The van der Waals surface area contributed by atoms with Crippen molar-refractivity contribution in [1.29, 1.82) is 0 Å². The van der Waals surface area contributed by atoms with Crippen molar-refractivity contribution in [3.05, 3.63) is 29.8 Å². The van der Waals surface area contributed by atoms with Gasteiger partial charge in [0.1, 0.15) is 0 Å². The van der Waals surface area contributed by atoms with Crippen LogP contribution in [0.4, 0.5) is 0 Å². The third kappa shape index (κ3) is 3.46. The number of fused-ring (bicyclic) bond motifs is 1. The van der Waals surface area contributed by atoms with Crippen LogP contribution in [0.25, 0.3) is 0 Å². The predicted molar refractivity (Wildman–Crippen MR) is 82.8 cm³/mol. The first-order chi connectivity index (χ1) is 11.0. The number of nitrogens with zero attached hydrogens (tertiary/aromatic N) is 2. The van der Waals surface area contributed by atoms with Crippen LogP contribution in [-0.4, -0.2) is 80.6 Å². The summed E-state index contributed by atoms with van der Waals surface area (Å²) < 4.78 is 31.5. The van der Waals surface area contributed by atoms with E-state index in [0.29, 0.717) is 32.8 Å². The van der Waals surface area contributed by atoms with Crippen LogP contribution >= 0.6 is 0 Å². The van der Waals surface area contributed by atoms with E-state index in [1.54, 1.807) is 12.1 Å². The Kier molecular flexibility index (Phi) is 4.79. The van der Waals surface area contributed by atoms with Crippen molar-refractivity contribution >= 4 is 15.8 Å². The molecule has 1 unspecified atom stereocenters. The molecule has 1 atom stereocenters. The summed E-state index contributed by atoms with van der Waals surface area (Å²) in [5, 5.41) is 10.2. The summed E-state index contributed by atoms with van der Waals surface area (Å²) in [6.45, 7) is 2.71. The van der Waals surface area contributed by atoms with Gasteiger partial charge in [-0.25, -0.2) is 8.42 Å². The molecular weight excluding hydrogens is 320 g/mol. The standard InChI is InChI=1S/C15H20N2O5S/c18-12(9-16-5-7-22-8-6-16)10-17-11-14(19)13-3-1-2-4-15(13)23(17,20)21/h1-4,12,18H,5-11H2. The van der Waals surface area contributed by atoms with Crippen molar-refractivity contribution in [1.82, 2.24) is 9.21 Å². The van der Waals surface area contributed by atoms with Crippen LogP contribution in [0.3, 0.4) is 0 Å². The van der Waals surface area contributed by atoms with Gasteiger partial charge >= 0.3 is 0 Å². The number of sulfonamides is 1. The quantitative estimate of drug-likeness (QED) is 0.800. The van der Waals surface area contributed by atoms with Gasteiger partial charge in [-0.2, -0.15) is 4.31 Å². The molecule has 0 bridgehead atoms. The Morgan fingerprint density at radius 3 is 2.61 bits per heavy atom. The number of ether oxygens (including phenoxy) is 1. The smallest absolute Gasteiger partial charge is 0.244 e. The minimum absolute atomic E-state index is 0.0230. The molecule has 3 rings (SSSR count). The van der Waals surface area contributed by atoms with Gasteiger partial charge in [-0.1, -0.05) is 12.1 Å². The average Bonchev–Trinajstić information content (AvgIpc) is 2.54. The molecule has 0 amide bonds. The third-order valence-corrected chi connectivity index (χ3v) is 5.98. The summed E-state index contributed by atoms with van der Waals surface area (Å²) >= 11 is 0. The maximum absolute atomic E-state index is 12.6. The number of Topliss-reactive ketones (excluding diaryl/α,β-unsaturated/α-hetero) is 1. The van der Waals surface area contributed by atoms with Crippen molar-refractivity contribution in [2.24, 2.45) is 0 Å². The van der Waals surface area contributed by atoms with E-state index >= 15 is 0 Å². The summed E-state index contributed by atoms with van der Waals surface area (Å²) in [6.07, 6.45) is -0.846. The zero-order valence-corrected chi connectivity index (χ0v) is 13.5. The van der Waals surface area contributed by atoms with Gasteiger partial charge in [0.25, 0.3) is 0 Å². The molecule has 126 valence electrons. The number of morpholine rings is 1. The number of carbonyl (C=O) groups excluding carboxylic acids is 1. The number of hydrogen-bond acceptors (Lipinski definition) is 6. The Morgan fingerprint density at radius 1 is 1.17 bits per heavy atom. The largest absolute Gasteiger partial charge is 0.390 e. The highest BCUT2D eigenvalue weighted by atomic mass is 32.2. The van der Waals surface area contributed by atoms with Crippen molar-refractivity contribution < 1.29 is 23.1 Å². The fraction of sp³-hybridized carbons (Fsp3) is 0.533. The Bertz CT molecular complexity index is 685. The van der Waals surface area contributed by atoms with Gasteiger partial charge in [0.2, 0.25) is 10.0 Å². The number of benzene rings is 1. The van der Waals surface area contributed by atoms with E-state index < -0.39 is 16.1 Å². The van der Waals surface area contributed by atoms with Crippen LogP contribution in [0.5, 0.6) is 0 Å². The second-order valence-corrected chi connectivity index (χ2v) is 7.69. The zero-order valence-electron chi connectivity index (χ0n) is 12.7. The first-order valence-corrected chi connectivity index (χ1v) is 9.03. The number of rotatable bonds is 4. The van der Waals surface area contributed by atoms with E-state index in [2.05, 4.69) is 0 Å². The molecule has 1 aromatic rings. The Morgan fingerprint density at radius 2 is 1.87 bits per heavy atom. The molecule has 0 spiro atoms. The van der Waals surface area contributed by atoms with Crippen LogP contribution in [0.2, 0.25) is 0 Å². The fourth-order valence-electron chi connectivity index (χ4n) is 2.93. The van der Waals surface area contributed by atoms with Gasteiger partial charge in [-0.15, -0.1) is 0 Å². The van der Waals surface area contributed by atoms with Crippen molar-refractivity contribution in [2.45, 2.75) is 11.0 Å². The molecule has 1 fully saturated rings. The summed E-state index contributed by atoms with van der Waals surface area (Å²) in [6, 6.07) is 6.20. The number of carbonyl (C=O) groups is 1. The highest BCUT2D eigenvalue weighted by Crippen LogP contribution is 2.26. The maximum Gasteiger partial charge on any atom is 0.244 e. The first-order valence-electron chi connectivity index (χ1n) is 7.59. The number of ketones is 1. The molecule has 1 N–H and O–H groups in total. The zero-order chi connectivity index (χ0) is 16.4. The van der Waals surface area contributed by atoms with E-state index in [-0.39, 0.29) is 29.3 Å². The normalized spacial score (nSPS) is 23.4. The van der Waals surface area contributed by atoms with E-state index in [9.17, 15) is 18.3 Å². The van der Waals surface area contributed by atoms with Gasteiger partial charge in [-0.3, -0.25) is 9.69 Å².